The number of benzene rings is 1. The molecule has 0 aliphatic carbocycles. The van der Waals surface area contributed by atoms with Crippen LogP contribution in [-0.4, -0.2) is 25.5 Å². The van der Waals surface area contributed by atoms with Gasteiger partial charge in [0.05, 0.1) is 6.20 Å². The van der Waals surface area contributed by atoms with Crippen molar-refractivity contribution >= 4 is 5.91 Å². The van der Waals surface area contributed by atoms with Gasteiger partial charge in [0.2, 0.25) is 0 Å². The normalized spacial score (nSPS) is 11.4. The molecule has 28 heavy (non-hydrogen) atoms. The van der Waals surface area contributed by atoms with Crippen molar-refractivity contribution in [3.8, 4) is 5.75 Å². The highest BCUT2D eigenvalue weighted by molar-refractivity contribution is 5.92. The number of carbonyl (C=O) groups is 1. The van der Waals surface area contributed by atoms with Crippen molar-refractivity contribution in [2.75, 3.05) is 0 Å². The minimum atomic E-state index is -0.225. The van der Waals surface area contributed by atoms with Gasteiger partial charge in [-0.15, -0.1) is 0 Å². The fourth-order valence-corrected chi connectivity index (χ4v) is 2.69. The Balaban J connectivity index is 1.51. The Morgan fingerprint density at radius 2 is 1.89 bits per heavy atom. The fraction of sp³-hybridized carbons (Fsp3) is 0.381. The Morgan fingerprint density at radius 1 is 1.14 bits per heavy atom. The van der Waals surface area contributed by atoms with E-state index in [0.717, 1.165) is 17.9 Å². The van der Waals surface area contributed by atoms with E-state index in [-0.39, 0.29) is 18.1 Å². The minimum Gasteiger partial charge on any atom is -0.471 e. The van der Waals surface area contributed by atoms with Crippen molar-refractivity contribution < 1.29 is 9.53 Å². The molecule has 1 N–H and O–H groups in total. The molecule has 0 saturated heterocycles. The maximum absolute atomic E-state index is 12.3. The van der Waals surface area contributed by atoms with Crippen LogP contribution < -0.4 is 10.1 Å². The number of hydrogen-bond donors (Lipinski definition) is 1. The third kappa shape index (κ3) is 5.00. The zero-order valence-corrected chi connectivity index (χ0v) is 16.8. The van der Waals surface area contributed by atoms with Crippen LogP contribution in [-0.2, 0) is 25.2 Å². The Hall–Kier alpha value is -3.09. The summed E-state index contributed by atoms with van der Waals surface area (Å²) in [5.41, 5.74) is 2.67. The molecule has 7 nitrogen and oxygen atoms in total. The van der Waals surface area contributed by atoms with E-state index in [4.69, 9.17) is 4.74 Å². The van der Waals surface area contributed by atoms with E-state index in [1.807, 2.05) is 29.9 Å². The SMILES string of the molecule is CCn1cc(CNC(=O)c2ccn(COc3ccc(C(C)(C)C)cc3)n2)cn1. The molecule has 1 amide bonds. The largest absolute Gasteiger partial charge is 0.471 e. The van der Waals surface area contributed by atoms with Gasteiger partial charge in [-0.2, -0.15) is 10.2 Å². The van der Waals surface area contributed by atoms with Gasteiger partial charge in [0, 0.05) is 31.0 Å². The number of aryl methyl sites for hydroxylation is 1. The maximum atomic E-state index is 12.3. The number of rotatable bonds is 7. The van der Waals surface area contributed by atoms with Crippen LogP contribution in [0.15, 0.2) is 48.9 Å². The Morgan fingerprint density at radius 3 is 2.54 bits per heavy atom. The first kappa shape index (κ1) is 19.7. The Kier molecular flexibility index (Phi) is 5.82. The van der Waals surface area contributed by atoms with Crippen molar-refractivity contribution in [1.82, 2.24) is 24.9 Å². The van der Waals surface area contributed by atoms with Crippen molar-refractivity contribution in [3.05, 3.63) is 65.7 Å². The van der Waals surface area contributed by atoms with E-state index in [0.29, 0.717) is 12.2 Å². The number of hydrogen-bond acceptors (Lipinski definition) is 4. The average Bonchev–Trinajstić information content (AvgIpc) is 3.33. The standard InChI is InChI=1S/C21H27N5O2/c1-5-25-14-16(13-23-25)12-22-20(27)19-10-11-26(24-19)15-28-18-8-6-17(7-9-18)21(2,3)4/h6-11,13-14H,5,12,15H2,1-4H3,(H,22,27). The molecule has 0 atom stereocenters. The van der Waals surface area contributed by atoms with Gasteiger partial charge in [0.25, 0.3) is 5.91 Å². The summed E-state index contributed by atoms with van der Waals surface area (Å²) in [6, 6.07) is 9.72. The summed E-state index contributed by atoms with van der Waals surface area (Å²) in [5.74, 6) is 0.542. The summed E-state index contributed by atoms with van der Waals surface area (Å²) < 4.78 is 9.17. The number of amides is 1. The molecule has 0 spiro atoms. The molecular weight excluding hydrogens is 354 g/mol. The van der Waals surface area contributed by atoms with Crippen LogP contribution in [0.1, 0.15) is 49.3 Å². The molecule has 2 heterocycles. The van der Waals surface area contributed by atoms with E-state index in [9.17, 15) is 4.79 Å². The Labute approximate surface area is 165 Å². The molecule has 0 bridgehead atoms. The molecule has 3 rings (SSSR count). The summed E-state index contributed by atoms with van der Waals surface area (Å²) >= 11 is 0. The van der Waals surface area contributed by atoms with Crippen LogP contribution in [0.2, 0.25) is 0 Å². The van der Waals surface area contributed by atoms with Gasteiger partial charge in [0.15, 0.2) is 6.73 Å². The van der Waals surface area contributed by atoms with Gasteiger partial charge in [-0.05, 0) is 36.1 Å². The molecule has 1 aromatic carbocycles. The van der Waals surface area contributed by atoms with Crippen molar-refractivity contribution in [2.45, 2.75) is 52.9 Å². The molecule has 0 unspecified atom stereocenters. The first-order chi connectivity index (χ1) is 13.3. The van der Waals surface area contributed by atoms with Crippen molar-refractivity contribution in [3.63, 3.8) is 0 Å². The predicted molar refractivity (Wildman–Crippen MR) is 107 cm³/mol. The van der Waals surface area contributed by atoms with E-state index in [2.05, 4.69) is 48.4 Å². The second-order valence-electron chi connectivity index (χ2n) is 7.68. The third-order valence-electron chi connectivity index (χ3n) is 4.42. The van der Waals surface area contributed by atoms with Crippen LogP contribution in [0.3, 0.4) is 0 Å². The van der Waals surface area contributed by atoms with Gasteiger partial charge in [-0.25, -0.2) is 4.68 Å². The van der Waals surface area contributed by atoms with E-state index in [1.165, 1.54) is 5.56 Å². The molecule has 3 aromatic rings. The summed E-state index contributed by atoms with van der Waals surface area (Å²) in [4.78, 5) is 12.3. The molecule has 7 heteroatoms. The molecule has 0 fully saturated rings. The first-order valence-corrected chi connectivity index (χ1v) is 9.41. The monoisotopic (exact) mass is 381 g/mol. The predicted octanol–water partition coefficient (Wildman–Crippen LogP) is 3.36. The second-order valence-corrected chi connectivity index (χ2v) is 7.68. The quantitative estimate of drug-likeness (QED) is 0.681. The number of nitrogens with one attached hydrogen (secondary N) is 1. The first-order valence-electron chi connectivity index (χ1n) is 9.41. The van der Waals surface area contributed by atoms with Gasteiger partial charge < -0.3 is 10.1 Å². The molecule has 0 aliphatic rings. The molecule has 0 saturated carbocycles. The topological polar surface area (TPSA) is 74.0 Å². The van der Waals surface area contributed by atoms with Crippen molar-refractivity contribution in [2.24, 2.45) is 0 Å². The van der Waals surface area contributed by atoms with Gasteiger partial charge >= 0.3 is 0 Å². The molecule has 0 aliphatic heterocycles. The van der Waals surface area contributed by atoms with Crippen LogP contribution in [0.4, 0.5) is 0 Å². The number of nitrogens with zero attached hydrogens (tertiary/aromatic N) is 4. The van der Waals surface area contributed by atoms with E-state index >= 15 is 0 Å². The molecule has 0 radical (unpaired) electrons. The smallest absolute Gasteiger partial charge is 0.272 e. The highest BCUT2D eigenvalue weighted by atomic mass is 16.5. The summed E-state index contributed by atoms with van der Waals surface area (Å²) in [5, 5.41) is 11.3. The summed E-state index contributed by atoms with van der Waals surface area (Å²) in [7, 11) is 0. The lowest BCUT2D eigenvalue weighted by Gasteiger charge is -2.19. The van der Waals surface area contributed by atoms with Gasteiger partial charge in [0.1, 0.15) is 11.4 Å². The van der Waals surface area contributed by atoms with E-state index in [1.54, 1.807) is 23.1 Å². The van der Waals surface area contributed by atoms with E-state index < -0.39 is 0 Å². The lowest BCUT2D eigenvalue weighted by Crippen LogP contribution is -2.23. The van der Waals surface area contributed by atoms with Gasteiger partial charge in [-0.3, -0.25) is 9.48 Å². The molecule has 148 valence electrons. The number of aromatic nitrogens is 4. The average molecular weight is 381 g/mol. The summed E-state index contributed by atoms with van der Waals surface area (Å²) in [6.07, 6.45) is 5.40. The zero-order valence-electron chi connectivity index (χ0n) is 16.8. The van der Waals surface area contributed by atoms with Crippen LogP contribution in [0.25, 0.3) is 0 Å². The fourth-order valence-electron chi connectivity index (χ4n) is 2.69. The lowest BCUT2D eigenvalue weighted by molar-refractivity contribution is 0.0944. The third-order valence-corrected chi connectivity index (χ3v) is 4.42. The molecule has 2 aromatic heterocycles. The van der Waals surface area contributed by atoms with Crippen LogP contribution in [0, 0.1) is 0 Å². The molecular formula is C21H27N5O2. The van der Waals surface area contributed by atoms with Gasteiger partial charge in [-0.1, -0.05) is 32.9 Å². The highest BCUT2D eigenvalue weighted by Gasteiger charge is 2.13. The highest BCUT2D eigenvalue weighted by Crippen LogP contribution is 2.24. The summed E-state index contributed by atoms with van der Waals surface area (Å²) in [6.45, 7) is 10.0. The van der Waals surface area contributed by atoms with Crippen LogP contribution in [0.5, 0.6) is 5.75 Å². The van der Waals surface area contributed by atoms with Crippen LogP contribution >= 0.6 is 0 Å². The maximum Gasteiger partial charge on any atom is 0.272 e. The zero-order chi connectivity index (χ0) is 20.1. The second kappa shape index (κ2) is 8.29. The van der Waals surface area contributed by atoms with Crippen molar-refractivity contribution in [1.29, 1.82) is 0 Å². The minimum absolute atomic E-state index is 0.109. The number of carbonyl (C=O) groups excluding carboxylic acids is 1. The number of ether oxygens (including phenoxy) is 1. The Bertz CT molecular complexity index is 919. The lowest BCUT2D eigenvalue weighted by atomic mass is 9.87.